The van der Waals surface area contributed by atoms with Crippen LogP contribution in [0.3, 0.4) is 0 Å². The molecule has 27 heavy (non-hydrogen) atoms. The summed E-state index contributed by atoms with van der Waals surface area (Å²) in [5, 5.41) is 16.6. The summed E-state index contributed by atoms with van der Waals surface area (Å²) in [6.07, 6.45) is 3.52. The molecule has 6 nitrogen and oxygen atoms in total. The zero-order valence-corrected chi connectivity index (χ0v) is 17.3. The largest absolute Gasteiger partial charge is 0.493 e. The van der Waals surface area contributed by atoms with E-state index >= 15 is 0 Å². The lowest BCUT2D eigenvalue weighted by molar-refractivity contribution is 0.120. The first-order chi connectivity index (χ1) is 12.9. The van der Waals surface area contributed by atoms with Crippen LogP contribution < -0.4 is 20.1 Å². The molecule has 0 unspecified atom stereocenters. The predicted octanol–water partition coefficient (Wildman–Crippen LogP) is 2.84. The highest BCUT2D eigenvalue weighted by atomic mass is 16.5. The molecular weight excluding hydrogens is 342 g/mol. The number of rotatable bonds is 7. The highest BCUT2D eigenvalue weighted by Gasteiger charge is 2.24. The van der Waals surface area contributed by atoms with Crippen LogP contribution >= 0.6 is 0 Å². The van der Waals surface area contributed by atoms with E-state index in [-0.39, 0.29) is 11.5 Å². The van der Waals surface area contributed by atoms with E-state index in [1.165, 1.54) is 0 Å². The van der Waals surface area contributed by atoms with Crippen LogP contribution in [0.15, 0.2) is 23.2 Å². The second kappa shape index (κ2) is 9.83. The van der Waals surface area contributed by atoms with Crippen LogP contribution in [0.25, 0.3) is 0 Å². The van der Waals surface area contributed by atoms with Crippen molar-refractivity contribution in [3.63, 3.8) is 0 Å². The maximum atomic E-state index is 9.69. The minimum atomic E-state index is -0.148. The van der Waals surface area contributed by atoms with Crippen molar-refractivity contribution in [2.45, 2.75) is 64.0 Å². The van der Waals surface area contributed by atoms with Crippen molar-refractivity contribution >= 4 is 5.96 Å². The number of aliphatic hydroxyl groups is 1. The van der Waals surface area contributed by atoms with Gasteiger partial charge in [0.1, 0.15) is 0 Å². The third-order valence-corrected chi connectivity index (χ3v) is 5.18. The van der Waals surface area contributed by atoms with Crippen molar-refractivity contribution in [1.29, 1.82) is 0 Å². The molecule has 1 saturated carbocycles. The summed E-state index contributed by atoms with van der Waals surface area (Å²) in [6, 6.07) is 6.41. The smallest absolute Gasteiger partial charge is 0.191 e. The number of hydrogen-bond acceptors (Lipinski definition) is 4. The third kappa shape index (κ3) is 6.03. The highest BCUT2D eigenvalue weighted by Crippen LogP contribution is 2.33. The summed E-state index contributed by atoms with van der Waals surface area (Å²) in [4.78, 5) is 4.83. The minimum absolute atomic E-state index is 0.147. The molecule has 0 saturated heterocycles. The lowest BCUT2D eigenvalue weighted by atomic mass is 9.84. The predicted molar refractivity (Wildman–Crippen MR) is 110 cm³/mol. The van der Waals surface area contributed by atoms with Crippen molar-refractivity contribution in [3.05, 3.63) is 23.8 Å². The lowest BCUT2D eigenvalue weighted by Gasteiger charge is -2.29. The van der Waals surface area contributed by atoms with Crippen molar-refractivity contribution in [2.75, 3.05) is 27.3 Å². The van der Waals surface area contributed by atoms with Gasteiger partial charge in [-0.05, 0) is 50.3 Å². The molecule has 6 heteroatoms. The maximum Gasteiger partial charge on any atom is 0.191 e. The molecule has 0 bridgehead atoms. The van der Waals surface area contributed by atoms with Gasteiger partial charge < -0.3 is 25.2 Å². The van der Waals surface area contributed by atoms with E-state index in [4.69, 9.17) is 14.5 Å². The van der Waals surface area contributed by atoms with Crippen molar-refractivity contribution < 1.29 is 14.6 Å². The number of hydrogen-bond donors (Lipinski definition) is 3. The topological polar surface area (TPSA) is 75.1 Å². The first-order valence-electron chi connectivity index (χ1n) is 9.85. The summed E-state index contributed by atoms with van der Waals surface area (Å²) in [5.74, 6) is 2.31. The van der Waals surface area contributed by atoms with Crippen LogP contribution in [-0.4, -0.2) is 50.5 Å². The Bertz CT molecular complexity index is 623. The van der Waals surface area contributed by atoms with Crippen molar-refractivity contribution in [1.82, 2.24) is 10.6 Å². The standard InChI is InChI=1S/C21H35N3O3/c1-6-22-20(24-16-8-10-17(25)11-9-16)23-14-21(2,3)15-7-12-18(26-4)19(13-15)27-5/h7,12-13,16-17,25H,6,8-11,14H2,1-5H3,(H2,22,23,24). The molecule has 1 aliphatic rings. The second-order valence-electron chi connectivity index (χ2n) is 7.80. The van der Waals surface area contributed by atoms with Gasteiger partial charge in [-0.15, -0.1) is 0 Å². The molecule has 1 aliphatic carbocycles. The Balaban J connectivity index is 2.08. The van der Waals surface area contributed by atoms with Crippen LogP contribution in [0.1, 0.15) is 52.0 Å². The van der Waals surface area contributed by atoms with Crippen LogP contribution in [0.5, 0.6) is 11.5 Å². The van der Waals surface area contributed by atoms with Gasteiger partial charge in [-0.2, -0.15) is 0 Å². The molecule has 0 aliphatic heterocycles. The minimum Gasteiger partial charge on any atom is -0.493 e. The van der Waals surface area contributed by atoms with Crippen molar-refractivity contribution in [3.8, 4) is 11.5 Å². The molecule has 0 amide bonds. The first kappa shape index (κ1) is 21.4. The summed E-state index contributed by atoms with van der Waals surface area (Å²) in [7, 11) is 3.30. The van der Waals surface area contributed by atoms with E-state index in [1.807, 2.05) is 12.1 Å². The summed E-state index contributed by atoms with van der Waals surface area (Å²) < 4.78 is 10.8. The molecule has 0 heterocycles. The van der Waals surface area contributed by atoms with Crippen LogP contribution in [0.2, 0.25) is 0 Å². The van der Waals surface area contributed by atoms with E-state index < -0.39 is 0 Å². The van der Waals surface area contributed by atoms with Gasteiger partial charge in [-0.1, -0.05) is 19.9 Å². The normalized spacial score (nSPS) is 20.9. The number of guanidine groups is 1. The number of methoxy groups -OCH3 is 2. The van der Waals surface area contributed by atoms with E-state index in [1.54, 1.807) is 14.2 Å². The first-order valence-corrected chi connectivity index (χ1v) is 9.85. The van der Waals surface area contributed by atoms with E-state index in [0.717, 1.165) is 55.3 Å². The van der Waals surface area contributed by atoms with Gasteiger partial charge in [-0.3, -0.25) is 4.99 Å². The number of ether oxygens (including phenoxy) is 2. The second-order valence-corrected chi connectivity index (χ2v) is 7.80. The summed E-state index contributed by atoms with van der Waals surface area (Å²) in [6.45, 7) is 7.89. The number of aliphatic imine (C=N–C) groups is 1. The van der Waals surface area contributed by atoms with Gasteiger partial charge in [0, 0.05) is 18.0 Å². The quantitative estimate of drug-likeness (QED) is 0.503. The molecular formula is C21H35N3O3. The third-order valence-electron chi connectivity index (χ3n) is 5.18. The highest BCUT2D eigenvalue weighted by molar-refractivity contribution is 5.80. The van der Waals surface area contributed by atoms with Crippen LogP contribution in [0.4, 0.5) is 0 Å². The molecule has 0 aromatic heterocycles. The van der Waals surface area contributed by atoms with Gasteiger partial charge in [0.2, 0.25) is 0 Å². The molecule has 1 aromatic carbocycles. The summed E-state index contributed by atoms with van der Waals surface area (Å²) in [5.41, 5.74) is 1.01. The van der Waals surface area contributed by atoms with Crippen LogP contribution in [-0.2, 0) is 5.41 Å². The zero-order valence-electron chi connectivity index (χ0n) is 17.3. The molecule has 0 spiro atoms. The van der Waals surface area contributed by atoms with Gasteiger partial charge in [0.15, 0.2) is 17.5 Å². The van der Waals surface area contributed by atoms with E-state index in [2.05, 4.69) is 37.5 Å². The average molecular weight is 378 g/mol. The van der Waals surface area contributed by atoms with Gasteiger partial charge in [0.05, 0.1) is 26.9 Å². The Morgan fingerprint density at radius 3 is 2.41 bits per heavy atom. The van der Waals surface area contributed by atoms with E-state index in [0.29, 0.717) is 12.6 Å². The molecule has 0 radical (unpaired) electrons. The van der Waals surface area contributed by atoms with Crippen LogP contribution in [0, 0.1) is 0 Å². The molecule has 0 atom stereocenters. The SMILES string of the molecule is CCNC(=NCC(C)(C)c1ccc(OC)c(OC)c1)NC1CCC(O)CC1. The Morgan fingerprint density at radius 2 is 1.81 bits per heavy atom. The monoisotopic (exact) mass is 377 g/mol. The lowest BCUT2D eigenvalue weighted by Crippen LogP contribution is -2.45. The fourth-order valence-electron chi connectivity index (χ4n) is 3.36. The number of nitrogens with one attached hydrogen (secondary N) is 2. The molecule has 1 aromatic rings. The van der Waals surface area contributed by atoms with E-state index in [9.17, 15) is 5.11 Å². The van der Waals surface area contributed by atoms with Gasteiger partial charge in [0.25, 0.3) is 0 Å². The Morgan fingerprint density at radius 1 is 1.15 bits per heavy atom. The molecule has 2 rings (SSSR count). The fraction of sp³-hybridized carbons (Fsp3) is 0.667. The fourth-order valence-corrected chi connectivity index (χ4v) is 3.36. The Labute approximate surface area is 163 Å². The Hall–Kier alpha value is -1.95. The Kier molecular flexibility index (Phi) is 7.78. The van der Waals surface area contributed by atoms with Crippen molar-refractivity contribution in [2.24, 2.45) is 4.99 Å². The summed E-state index contributed by atoms with van der Waals surface area (Å²) >= 11 is 0. The molecule has 3 N–H and O–H groups in total. The number of benzene rings is 1. The zero-order chi connectivity index (χ0) is 19.9. The van der Waals surface area contributed by atoms with Gasteiger partial charge >= 0.3 is 0 Å². The molecule has 152 valence electrons. The number of nitrogens with zero attached hydrogens (tertiary/aromatic N) is 1. The molecule has 1 fully saturated rings. The number of aliphatic hydroxyl groups excluding tert-OH is 1. The average Bonchev–Trinajstić information content (AvgIpc) is 2.67. The maximum absolute atomic E-state index is 9.69. The van der Waals surface area contributed by atoms with Gasteiger partial charge in [-0.25, -0.2) is 0 Å².